The van der Waals surface area contributed by atoms with Crippen molar-refractivity contribution in [3.05, 3.63) is 58.5 Å². The second kappa shape index (κ2) is 7.25. The fourth-order valence-electron chi connectivity index (χ4n) is 3.58. The molecular weight excluding hydrogens is 388 g/mol. The van der Waals surface area contributed by atoms with Gasteiger partial charge in [0.05, 0.1) is 19.8 Å². The number of benzene rings is 2. The minimum Gasteiger partial charge on any atom is -0.508 e. The number of ether oxygens (including phenoxy) is 2. The van der Waals surface area contributed by atoms with Crippen molar-refractivity contribution in [2.45, 2.75) is 6.92 Å². The molecule has 0 aliphatic heterocycles. The standard InChI is InChI=1S/C22H20N2O4S/c1-12-20(28-4)19(22(26)24(2)23-12)18-15-10-9-13(25)11-17(15)29-21(18)14-7-5-6-8-16(14)27-3/h5-11,25H,1-4H3. The second-order valence-corrected chi connectivity index (χ2v) is 7.66. The molecule has 148 valence electrons. The Hall–Kier alpha value is -3.32. The maximum absolute atomic E-state index is 13.2. The highest BCUT2D eigenvalue weighted by atomic mass is 32.1. The summed E-state index contributed by atoms with van der Waals surface area (Å²) in [6, 6.07) is 12.8. The molecule has 29 heavy (non-hydrogen) atoms. The van der Waals surface area contributed by atoms with Crippen LogP contribution in [-0.4, -0.2) is 29.1 Å². The minimum absolute atomic E-state index is 0.169. The molecule has 0 aliphatic rings. The van der Waals surface area contributed by atoms with Gasteiger partial charge in [0.2, 0.25) is 0 Å². The SMILES string of the molecule is COc1ccccc1-c1sc2cc(O)ccc2c1-c1c(OC)c(C)nn(C)c1=O. The molecule has 6 nitrogen and oxygen atoms in total. The third kappa shape index (κ3) is 3.03. The summed E-state index contributed by atoms with van der Waals surface area (Å²) in [7, 11) is 4.78. The molecule has 4 aromatic rings. The molecule has 0 radical (unpaired) electrons. The van der Waals surface area contributed by atoms with Crippen LogP contribution in [0.1, 0.15) is 5.69 Å². The van der Waals surface area contributed by atoms with E-state index in [-0.39, 0.29) is 11.3 Å². The molecule has 0 spiro atoms. The van der Waals surface area contributed by atoms with Crippen LogP contribution in [0.15, 0.2) is 47.3 Å². The Morgan fingerprint density at radius 1 is 1.07 bits per heavy atom. The lowest BCUT2D eigenvalue weighted by Gasteiger charge is -2.14. The second-order valence-electron chi connectivity index (χ2n) is 6.61. The molecule has 0 saturated heterocycles. The number of methoxy groups -OCH3 is 2. The predicted octanol–water partition coefficient (Wildman–Crippen LogP) is 4.36. The molecule has 2 heterocycles. The number of para-hydroxylation sites is 1. The van der Waals surface area contributed by atoms with Crippen LogP contribution in [0.2, 0.25) is 0 Å². The lowest BCUT2D eigenvalue weighted by Crippen LogP contribution is -2.23. The molecule has 2 aromatic heterocycles. The third-order valence-electron chi connectivity index (χ3n) is 4.84. The number of aryl methyl sites for hydroxylation is 2. The van der Waals surface area contributed by atoms with Crippen LogP contribution in [0.5, 0.6) is 17.2 Å². The zero-order valence-corrected chi connectivity index (χ0v) is 17.3. The number of hydrogen-bond acceptors (Lipinski definition) is 6. The van der Waals surface area contributed by atoms with Crippen molar-refractivity contribution in [1.29, 1.82) is 0 Å². The fourth-order valence-corrected chi connectivity index (χ4v) is 4.85. The summed E-state index contributed by atoms with van der Waals surface area (Å²) >= 11 is 1.49. The van der Waals surface area contributed by atoms with Crippen molar-refractivity contribution in [3.63, 3.8) is 0 Å². The highest BCUT2D eigenvalue weighted by Gasteiger charge is 2.25. The number of nitrogens with zero attached hydrogens (tertiary/aromatic N) is 2. The van der Waals surface area contributed by atoms with E-state index < -0.39 is 0 Å². The molecule has 0 unspecified atom stereocenters. The van der Waals surface area contributed by atoms with E-state index in [0.717, 1.165) is 26.1 Å². The molecule has 0 atom stereocenters. The number of rotatable bonds is 4. The quantitative estimate of drug-likeness (QED) is 0.543. The van der Waals surface area contributed by atoms with Gasteiger partial charge in [0.25, 0.3) is 5.56 Å². The summed E-state index contributed by atoms with van der Waals surface area (Å²) in [6.45, 7) is 1.81. The van der Waals surface area contributed by atoms with Crippen LogP contribution in [0, 0.1) is 6.92 Å². The summed E-state index contributed by atoms with van der Waals surface area (Å²) < 4.78 is 13.4. The van der Waals surface area contributed by atoms with E-state index in [0.29, 0.717) is 22.8 Å². The van der Waals surface area contributed by atoms with E-state index in [9.17, 15) is 9.90 Å². The zero-order valence-electron chi connectivity index (χ0n) is 16.5. The van der Waals surface area contributed by atoms with Crippen molar-refractivity contribution in [3.8, 4) is 38.8 Å². The van der Waals surface area contributed by atoms with E-state index in [4.69, 9.17) is 9.47 Å². The average molecular weight is 408 g/mol. The van der Waals surface area contributed by atoms with Gasteiger partial charge in [-0.2, -0.15) is 5.10 Å². The van der Waals surface area contributed by atoms with Gasteiger partial charge < -0.3 is 14.6 Å². The molecule has 0 fully saturated rings. The minimum atomic E-state index is -0.253. The first-order chi connectivity index (χ1) is 14.0. The Kier molecular flexibility index (Phi) is 4.76. The summed E-state index contributed by atoms with van der Waals surface area (Å²) in [4.78, 5) is 14.1. The van der Waals surface area contributed by atoms with Gasteiger partial charge in [-0.05, 0) is 37.3 Å². The first-order valence-electron chi connectivity index (χ1n) is 8.97. The van der Waals surface area contributed by atoms with E-state index >= 15 is 0 Å². The number of phenolic OH excluding ortho intramolecular Hbond substituents is 1. The van der Waals surface area contributed by atoms with Gasteiger partial charge in [0.15, 0.2) is 5.75 Å². The van der Waals surface area contributed by atoms with Crippen LogP contribution in [-0.2, 0) is 7.05 Å². The Bertz CT molecular complexity index is 1290. The highest BCUT2D eigenvalue weighted by molar-refractivity contribution is 7.23. The van der Waals surface area contributed by atoms with E-state index in [2.05, 4.69) is 5.10 Å². The van der Waals surface area contributed by atoms with Gasteiger partial charge in [-0.3, -0.25) is 4.79 Å². The van der Waals surface area contributed by atoms with Crippen LogP contribution in [0.3, 0.4) is 0 Å². The van der Waals surface area contributed by atoms with E-state index in [1.54, 1.807) is 26.3 Å². The fraction of sp³-hybridized carbons (Fsp3) is 0.182. The van der Waals surface area contributed by atoms with Gasteiger partial charge in [-0.25, -0.2) is 4.68 Å². The summed E-state index contributed by atoms with van der Waals surface area (Å²) in [5, 5.41) is 15.1. The normalized spacial score (nSPS) is 11.0. The first-order valence-corrected chi connectivity index (χ1v) is 9.79. The average Bonchev–Trinajstić information content (AvgIpc) is 3.08. The Labute approximate surface area is 171 Å². The third-order valence-corrected chi connectivity index (χ3v) is 6.03. The first kappa shape index (κ1) is 19.0. The van der Waals surface area contributed by atoms with Crippen LogP contribution < -0.4 is 15.0 Å². The molecular formula is C22H20N2O4S. The number of thiophene rings is 1. The maximum Gasteiger partial charge on any atom is 0.278 e. The summed E-state index contributed by atoms with van der Waals surface area (Å²) in [5.41, 5.74) is 2.42. The van der Waals surface area contributed by atoms with Gasteiger partial charge in [-0.15, -0.1) is 11.3 Å². The molecule has 0 saturated carbocycles. The predicted molar refractivity (Wildman–Crippen MR) is 115 cm³/mol. The Balaban J connectivity index is 2.20. The monoisotopic (exact) mass is 408 g/mol. The number of aromatic hydroxyl groups is 1. The smallest absolute Gasteiger partial charge is 0.278 e. The van der Waals surface area contributed by atoms with Gasteiger partial charge in [0, 0.05) is 33.1 Å². The molecule has 2 aromatic carbocycles. The number of hydrogen-bond donors (Lipinski definition) is 1. The maximum atomic E-state index is 13.2. The van der Waals surface area contributed by atoms with E-state index in [1.165, 1.54) is 23.1 Å². The highest BCUT2D eigenvalue weighted by Crippen LogP contribution is 2.49. The van der Waals surface area contributed by atoms with Gasteiger partial charge >= 0.3 is 0 Å². The molecule has 1 N–H and O–H groups in total. The van der Waals surface area contributed by atoms with Crippen molar-refractivity contribution >= 4 is 21.4 Å². The summed E-state index contributed by atoms with van der Waals surface area (Å²) in [6.07, 6.45) is 0. The Morgan fingerprint density at radius 2 is 1.83 bits per heavy atom. The largest absolute Gasteiger partial charge is 0.508 e. The van der Waals surface area contributed by atoms with Crippen LogP contribution >= 0.6 is 11.3 Å². The Morgan fingerprint density at radius 3 is 2.55 bits per heavy atom. The van der Waals surface area contributed by atoms with Crippen LogP contribution in [0.25, 0.3) is 31.7 Å². The van der Waals surface area contributed by atoms with Crippen molar-refractivity contribution in [1.82, 2.24) is 9.78 Å². The topological polar surface area (TPSA) is 73.6 Å². The van der Waals surface area contributed by atoms with Gasteiger partial charge in [0.1, 0.15) is 17.2 Å². The lowest BCUT2D eigenvalue weighted by molar-refractivity contribution is 0.405. The lowest BCUT2D eigenvalue weighted by atomic mass is 9.98. The molecule has 0 bridgehead atoms. The molecule has 0 amide bonds. The molecule has 0 aliphatic carbocycles. The molecule has 4 rings (SSSR count). The van der Waals surface area contributed by atoms with Crippen molar-refractivity contribution in [2.75, 3.05) is 14.2 Å². The summed E-state index contributed by atoms with van der Waals surface area (Å²) in [5.74, 6) is 1.31. The van der Waals surface area contributed by atoms with E-state index in [1.807, 2.05) is 37.3 Å². The number of phenols is 1. The van der Waals surface area contributed by atoms with Crippen molar-refractivity contribution in [2.24, 2.45) is 7.05 Å². The van der Waals surface area contributed by atoms with Crippen molar-refractivity contribution < 1.29 is 14.6 Å². The number of fused-ring (bicyclic) bond motifs is 1. The number of aromatic nitrogens is 2. The zero-order chi connectivity index (χ0) is 20.7. The van der Waals surface area contributed by atoms with Gasteiger partial charge in [-0.1, -0.05) is 12.1 Å². The molecule has 7 heteroatoms. The van der Waals surface area contributed by atoms with Crippen LogP contribution in [0.4, 0.5) is 0 Å².